The van der Waals surface area contributed by atoms with Gasteiger partial charge in [-0.3, -0.25) is 5.32 Å². The normalized spacial score (nSPS) is 10.8. The van der Waals surface area contributed by atoms with Crippen molar-refractivity contribution in [2.24, 2.45) is 5.14 Å². The molecule has 0 radical (unpaired) electrons. The zero-order valence-electron chi connectivity index (χ0n) is 10.3. The molecule has 0 saturated carbocycles. The van der Waals surface area contributed by atoms with E-state index < -0.39 is 16.1 Å². The Morgan fingerprint density at radius 3 is 2.15 bits per heavy atom. The molecule has 2 rings (SSSR count). The van der Waals surface area contributed by atoms with Crippen molar-refractivity contribution < 1.29 is 17.9 Å². The first-order chi connectivity index (χ1) is 9.45. The molecule has 2 aromatic carbocycles. The Kier molecular flexibility index (Phi) is 4.02. The van der Waals surface area contributed by atoms with Gasteiger partial charge >= 0.3 is 6.09 Å². The number of benzene rings is 2. The quantitative estimate of drug-likeness (QED) is 0.903. The van der Waals surface area contributed by atoms with Gasteiger partial charge in [0.2, 0.25) is 10.0 Å². The van der Waals surface area contributed by atoms with Gasteiger partial charge in [-0.2, -0.15) is 0 Å². The number of anilines is 1. The van der Waals surface area contributed by atoms with Crippen molar-refractivity contribution in [3.63, 3.8) is 0 Å². The molecular formula is C13H12N2O4S. The van der Waals surface area contributed by atoms with Crippen molar-refractivity contribution in [3.8, 4) is 5.75 Å². The van der Waals surface area contributed by atoms with E-state index in [2.05, 4.69) is 5.32 Å². The highest BCUT2D eigenvalue weighted by Gasteiger charge is 2.08. The molecule has 0 heterocycles. The fourth-order valence-electron chi connectivity index (χ4n) is 1.47. The van der Waals surface area contributed by atoms with Crippen molar-refractivity contribution in [1.29, 1.82) is 0 Å². The van der Waals surface area contributed by atoms with E-state index in [0.717, 1.165) is 0 Å². The summed E-state index contributed by atoms with van der Waals surface area (Å²) in [5.41, 5.74) is 0.401. The molecule has 0 atom stereocenters. The van der Waals surface area contributed by atoms with E-state index in [1.807, 2.05) is 0 Å². The Balaban J connectivity index is 2.02. The zero-order chi connectivity index (χ0) is 14.6. The summed E-state index contributed by atoms with van der Waals surface area (Å²) < 4.78 is 27.2. The number of carbonyl (C=O) groups excluding carboxylic acids is 1. The second-order valence-electron chi connectivity index (χ2n) is 3.90. The third-order valence-corrected chi connectivity index (χ3v) is 3.31. The number of hydrogen-bond acceptors (Lipinski definition) is 4. The lowest BCUT2D eigenvalue weighted by atomic mass is 10.3. The van der Waals surface area contributed by atoms with Crippen LogP contribution in [0, 0.1) is 0 Å². The summed E-state index contributed by atoms with van der Waals surface area (Å²) >= 11 is 0. The summed E-state index contributed by atoms with van der Waals surface area (Å²) in [6, 6.07) is 14.0. The van der Waals surface area contributed by atoms with Gasteiger partial charge in [-0.15, -0.1) is 0 Å². The topological polar surface area (TPSA) is 98.5 Å². The average Bonchev–Trinajstić information content (AvgIpc) is 2.39. The van der Waals surface area contributed by atoms with Gasteiger partial charge in [-0.25, -0.2) is 18.4 Å². The molecule has 104 valence electrons. The molecule has 0 aliphatic heterocycles. The molecule has 0 spiro atoms. The number of rotatable bonds is 3. The number of carbonyl (C=O) groups is 1. The predicted octanol–water partition coefficient (Wildman–Crippen LogP) is 1.94. The smallest absolute Gasteiger partial charge is 0.410 e. The molecular weight excluding hydrogens is 280 g/mol. The predicted molar refractivity (Wildman–Crippen MR) is 73.9 cm³/mol. The van der Waals surface area contributed by atoms with Crippen molar-refractivity contribution >= 4 is 21.8 Å². The summed E-state index contributed by atoms with van der Waals surface area (Å²) in [6.07, 6.45) is -0.667. The minimum atomic E-state index is -3.74. The summed E-state index contributed by atoms with van der Waals surface area (Å²) in [6.45, 7) is 0. The van der Waals surface area contributed by atoms with Crippen LogP contribution in [0.2, 0.25) is 0 Å². The van der Waals surface area contributed by atoms with E-state index in [4.69, 9.17) is 9.88 Å². The largest absolute Gasteiger partial charge is 0.417 e. The number of para-hydroxylation sites is 1. The Labute approximate surface area is 116 Å². The number of sulfonamides is 1. The van der Waals surface area contributed by atoms with E-state index in [9.17, 15) is 13.2 Å². The zero-order valence-corrected chi connectivity index (χ0v) is 11.1. The fraction of sp³-hybridized carbons (Fsp3) is 0. The Morgan fingerprint density at radius 1 is 1.00 bits per heavy atom. The van der Waals surface area contributed by atoms with Gasteiger partial charge in [0.25, 0.3) is 0 Å². The first-order valence-corrected chi connectivity index (χ1v) is 7.16. The summed E-state index contributed by atoms with van der Waals surface area (Å²) in [4.78, 5) is 11.6. The maximum Gasteiger partial charge on any atom is 0.417 e. The summed E-state index contributed by atoms with van der Waals surface area (Å²) in [7, 11) is -3.74. The van der Waals surface area contributed by atoms with Crippen LogP contribution in [0.3, 0.4) is 0 Å². The van der Waals surface area contributed by atoms with Crippen LogP contribution in [-0.2, 0) is 10.0 Å². The van der Waals surface area contributed by atoms with Crippen LogP contribution in [0.4, 0.5) is 10.5 Å². The number of nitrogens with one attached hydrogen (secondary N) is 1. The van der Waals surface area contributed by atoms with Gasteiger partial charge in [0.1, 0.15) is 5.75 Å². The second-order valence-corrected chi connectivity index (χ2v) is 5.46. The molecule has 1 amide bonds. The maximum atomic E-state index is 11.6. The van der Waals surface area contributed by atoms with Gasteiger partial charge in [-0.05, 0) is 36.4 Å². The van der Waals surface area contributed by atoms with E-state index in [0.29, 0.717) is 11.4 Å². The minimum Gasteiger partial charge on any atom is -0.410 e. The molecule has 2 aromatic rings. The first-order valence-electron chi connectivity index (χ1n) is 5.62. The summed E-state index contributed by atoms with van der Waals surface area (Å²) in [5, 5.41) is 7.44. The first kappa shape index (κ1) is 14.0. The highest BCUT2D eigenvalue weighted by molar-refractivity contribution is 7.89. The molecule has 0 aliphatic rings. The second kappa shape index (κ2) is 5.72. The highest BCUT2D eigenvalue weighted by atomic mass is 32.2. The van der Waals surface area contributed by atoms with Gasteiger partial charge in [-0.1, -0.05) is 18.2 Å². The van der Waals surface area contributed by atoms with Crippen LogP contribution in [0.25, 0.3) is 0 Å². The van der Waals surface area contributed by atoms with Crippen LogP contribution in [0.5, 0.6) is 5.75 Å². The van der Waals surface area contributed by atoms with Crippen molar-refractivity contribution in [1.82, 2.24) is 0 Å². The Hall–Kier alpha value is -2.38. The van der Waals surface area contributed by atoms with Crippen molar-refractivity contribution in [2.75, 3.05) is 5.32 Å². The van der Waals surface area contributed by atoms with Crippen LogP contribution in [0.15, 0.2) is 59.5 Å². The van der Waals surface area contributed by atoms with E-state index in [1.165, 1.54) is 24.3 Å². The molecule has 0 bridgehead atoms. The highest BCUT2D eigenvalue weighted by Crippen LogP contribution is 2.14. The molecule has 6 nitrogen and oxygen atoms in total. The lowest BCUT2D eigenvalue weighted by molar-refractivity contribution is 0.215. The standard InChI is InChI=1S/C13H12N2O4S/c14-20(17,18)12-8-6-10(7-9-12)15-13(16)19-11-4-2-1-3-5-11/h1-9H,(H,15,16)(H2,14,17,18). The molecule has 7 heteroatoms. The Morgan fingerprint density at radius 2 is 1.60 bits per heavy atom. The molecule has 0 fully saturated rings. The molecule has 0 unspecified atom stereocenters. The number of hydrogen-bond donors (Lipinski definition) is 2. The Bertz CT molecular complexity index is 697. The molecule has 20 heavy (non-hydrogen) atoms. The van der Waals surface area contributed by atoms with Crippen LogP contribution in [0.1, 0.15) is 0 Å². The van der Waals surface area contributed by atoms with Crippen LogP contribution < -0.4 is 15.2 Å². The number of amides is 1. The van der Waals surface area contributed by atoms with Gasteiger partial charge < -0.3 is 4.74 Å². The third kappa shape index (κ3) is 3.81. The average molecular weight is 292 g/mol. The lowest BCUT2D eigenvalue weighted by Gasteiger charge is -2.06. The summed E-state index contributed by atoms with van der Waals surface area (Å²) in [5.74, 6) is 0.408. The number of nitrogens with two attached hydrogens (primary N) is 1. The van der Waals surface area contributed by atoms with E-state index in [-0.39, 0.29) is 4.90 Å². The van der Waals surface area contributed by atoms with Crippen molar-refractivity contribution in [2.45, 2.75) is 4.90 Å². The van der Waals surface area contributed by atoms with Crippen LogP contribution >= 0.6 is 0 Å². The fourth-order valence-corrected chi connectivity index (χ4v) is 1.98. The van der Waals surface area contributed by atoms with Crippen molar-refractivity contribution in [3.05, 3.63) is 54.6 Å². The van der Waals surface area contributed by atoms with Gasteiger partial charge in [0, 0.05) is 5.69 Å². The maximum absolute atomic E-state index is 11.6. The van der Waals surface area contributed by atoms with Gasteiger partial charge in [0.15, 0.2) is 0 Å². The molecule has 0 saturated heterocycles. The molecule has 3 N–H and O–H groups in total. The number of ether oxygens (including phenoxy) is 1. The monoisotopic (exact) mass is 292 g/mol. The SMILES string of the molecule is NS(=O)(=O)c1ccc(NC(=O)Oc2ccccc2)cc1. The van der Waals surface area contributed by atoms with Gasteiger partial charge in [0.05, 0.1) is 4.90 Å². The molecule has 0 aromatic heterocycles. The van der Waals surface area contributed by atoms with Crippen LogP contribution in [-0.4, -0.2) is 14.5 Å². The molecule has 0 aliphatic carbocycles. The van der Waals surface area contributed by atoms with E-state index >= 15 is 0 Å². The lowest BCUT2D eigenvalue weighted by Crippen LogP contribution is -2.17. The van der Waals surface area contributed by atoms with E-state index in [1.54, 1.807) is 30.3 Å². The number of primary sulfonamides is 1. The third-order valence-electron chi connectivity index (χ3n) is 2.38. The minimum absolute atomic E-state index is 0.0283.